The average molecular weight is 428 g/mol. The first-order valence-corrected chi connectivity index (χ1v) is 9.60. The molecule has 1 aliphatic heterocycles. The van der Waals surface area contributed by atoms with E-state index < -0.39 is 5.41 Å². The van der Waals surface area contributed by atoms with Gasteiger partial charge in [0, 0.05) is 12.8 Å². The lowest BCUT2D eigenvalue weighted by Gasteiger charge is -2.39. The maximum atomic E-state index is 13.4. The number of hydrogen-bond donors (Lipinski definition) is 0. The minimum absolute atomic E-state index is 0. The summed E-state index contributed by atoms with van der Waals surface area (Å²) in [6, 6.07) is 6.43. The minimum Gasteiger partial charge on any atom is -1.00 e. The number of nitrogens with zero attached hydrogens (tertiary/aromatic N) is 1. The molecule has 5 heteroatoms. The van der Waals surface area contributed by atoms with Crippen molar-refractivity contribution in [2.75, 3.05) is 27.2 Å². The summed E-state index contributed by atoms with van der Waals surface area (Å²) in [6.07, 6.45) is 6.24. The van der Waals surface area contributed by atoms with Crippen molar-refractivity contribution in [2.24, 2.45) is 5.92 Å². The van der Waals surface area contributed by atoms with Crippen LogP contribution < -0.4 is 17.0 Å². The number of esters is 1. The number of halogens is 2. The van der Waals surface area contributed by atoms with E-state index >= 15 is 0 Å². The van der Waals surface area contributed by atoms with Crippen LogP contribution in [-0.2, 0) is 14.9 Å². The lowest BCUT2D eigenvalue weighted by molar-refractivity contribution is -0.896. The predicted octanol–water partition coefficient (Wildman–Crippen LogP) is 1.06. The summed E-state index contributed by atoms with van der Waals surface area (Å²) in [5.41, 5.74) is 0.212. The Morgan fingerprint density at radius 1 is 1.08 bits per heavy atom. The molecule has 1 unspecified atom stereocenters. The molecule has 0 radical (unpaired) electrons. The average Bonchev–Trinajstić information content (AvgIpc) is 3.11. The van der Waals surface area contributed by atoms with Gasteiger partial charge in [-0.2, -0.15) is 0 Å². The second-order valence-electron chi connectivity index (χ2n) is 8.68. The summed E-state index contributed by atoms with van der Waals surface area (Å²) in [5, 5.41) is 0. The van der Waals surface area contributed by atoms with Gasteiger partial charge in [-0.3, -0.25) is 4.79 Å². The van der Waals surface area contributed by atoms with Crippen LogP contribution in [0.4, 0.5) is 4.39 Å². The fourth-order valence-corrected chi connectivity index (χ4v) is 4.45. The van der Waals surface area contributed by atoms with E-state index in [2.05, 4.69) is 14.1 Å². The Bertz CT molecular complexity index is 603. The Kier molecular flexibility index (Phi) is 6.89. The first-order valence-electron chi connectivity index (χ1n) is 9.60. The molecular weight excluding hydrogens is 397 g/mol. The Hall–Kier alpha value is -0.940. The van der Waals surface area contributed by atoms with Gasteiger partial charge < -0.3 is 26.2 Å². The van der Waals surface area contributed by atoms with Gasteiger partial charge in [0.1, 0.15) is 11.9 Å². The van der Waals surface area contributed by atoms with Crippen LogP contribution in [0.25, 0.3) is 0 Å². The number of likely N-dealkylation sites (tertiary alicyclic amines) is 1. The topological polar surface area (TPSA) is 26.3 Å². The van der Waals surface area contributed by atoms with Gasteiger partial charge in [0.25, 0.3) is 0 Å². The maximum absolute atomic E-state index is 13.4. The highest BCUT2D eigenvalue weighted by Crippen LogP contribution is 2.43. The van der Waals surface area contributed by atoms with Gasteiger partial charge in [0.05, 0.1) is 32.6 Å². The molecule has 3 nitrogen and oxygen atoms in total. The van der Waals surface area contributed by atoms with Crippen molar-refractivity contribution >= 4 is 5.97 Å². The largest absolute Gasteiger partial charge is 1.00 e. The standard InChI is InChI=1S/C21H31FNO2.BrH/c1-21(16-6-4-5-7-16,17-8-10-18(22)11-9-17)20(24)25-19-12-14-23(2,3)15-13-19;/h8-11,16,19H,4-7,12-15H2,1-3H3;1H/q+1;/p-1. The second-order valence-corrected chi connectivity index (χ2v) is 8.68. The second kappa shape index (κ2) is 8.39. The molecule has 26 heavy (non-hydrogen) atoms. The minimum atomic E-state index is -0.675. The van der Waals surface area contributed by atoms with E-state index in [4.69, 9.17) is 4.74 Å². The summed E-state index contributed by atoms with van der Waals surface area (Å²) < 4.78 is 20.4. The van der Waals surface area contributed by atoms with Crippen LogP contribution in [0.5, 0.6) is 0 Å². The summed E-state index contributed by atoms with van der Waals surface area (Å²) in [4.78, 5) is 13.2. The van der Waals surface area contributed by atoms with Crippen LogP contribution in [-0.4, -0.2) is 43.7 Å². The van der Waals surface area contributed by atoms with Crippen LogP contribution in [0.2, 0.25) is 0 Å². The molecule has 0 aromatic heterocycles. The molecule has 1 saturated heterocycles. The van der Waals surface area contributed by atoms with E-state index in [1.807, 2.05) is 6.92 Å². The fraction of sp³-hybridized carbons (Fsp3) is 0.667. The molecule has 0 bridgehead atoms. The van der Waals surface area contributed by atoms with E-state index in [1.165, 1.54) is 12.1 Å². The van der Waals surface area contributed by atoms with Crippen LogP contribution in [0, 0.1) is 11.7 Å². The van der Waals surface area contributed by atoms with Gasteiger partial charge in [0.15, 0.2) is 0 Å². The van der Waals surface area contributed by atoms with E-state index in [9.17, 15) is 9.18 Å². The summed E-state index contributed by atoms with van der Waals surface area (Å²) in [6.45, 7) is 4.07. The highest BCUT2D eigenvalue weighted by molar-refractivity contribution is 5.83. The van der Waals surface area contributed by atoms with Gasteiger partial charge in [-0.1, -0.05) is 25.0 Å². The van der Waals surface area contributed by atoms with Crippen LogP contribution >= 0.6 is 0 Å². The lowest BCUT2D eigenvalue weighted by atomic mass is 9.71. The van der Waals surface area contributed by atoms with Gasteiger partial charge in [-0.15, -0.1) is 0 Å². The highest BCUT2D eigenvalue weighted by atomic mass is 79.9. The number of piperidine rings is 1. The molecule has 1 aromatic rings. The molecular formula is C21H31BrFNO2. The van der Waals surface area contributed by atoms with Gasteiger partial charge in [-0.05, 0) is 43.4 Å². The van der Waals surface area contributed by atoms with Crippen molar-refractivity contribution in [1.82, 2.24) is 0 Å². The molecule has 3 rings (SSSR count). The number of rotatable bonds is 4. The third kappa shape index (κ3) is 4.48. The molecule has 1 aromatic carbocycles. The van der Waals surface area contributed by atoms with Crippen molar-refractivity contribution in [3.8, 4) is 0 Å². The van der Waals surface area contributed by atoms with Crippen LogP contribution in [0.1, 0.15) is 51.0 Å². The van der Waals surface area contributed by atoms with Gasteiger partial charge in [-0.25, -0.2) is 4.39 Å². The molecule has 1 heterocycles. The predicted molar refractivity (Wildman–Crippen MR) is 96.7 cm³/mol. The summed E-state index contributed by atoms with van der Waals surface area (Å²) >= 11 is 0. The number of ether oxygens (including phenoxy) is 1. The maximum Gasteiger partial charge on any atom is 0.316 e. The zero-order valence-electron chi connectivity index (χ0n) is 16.1. The number of carbonyl (C=O) groups excluding carboxylic acids is 1. The van der Waals surface area contributed by atoms with E-state index in [0.29, 0.717) is 0 Å². The molecule has 2 aliphatic rings. The highest BCUT2D eigenvalue weighted by Gasteiger charge is 2.46. The smallest absolute Gasteiger partial charge is 0.316 e. The molecule has 1 atom stereocenters. The zero-order valence-corrected chi connectivity index (χ0v) is 17.7. The molecule has 1 aliphatic carbocycles. The Morgan fingerprint density at radius 3 is 2.15 bits per heavy atom. The van der Waals surface area contributed by atoms with Crippen LogP contribution in [0.3, 0.4) is 0 Å². The first-order chi connectivity index (χ1) is 11.8. The SMILES string of the molecule is CC(C(=O)OC1CC[N+](C)(C)CC1)(c1ccc(F)cc1)C1CCCC1.[Br-]. The molecule has 146 valence electrons. The quantitative estimate of drug-likeness (QED) is 0.530. The number of quaternary nitrogens is 1. The van der Waals surface area contributed by atoms with E-state index in [-0.39, 0.29) is 40.8 Å². The van der Waals surface area contributed by atoms with Crippen molar-refractivity contribution in [3.63, 3.8) is 0 Å². The van der Waals surface area contributed by atoms with Crippen molar-refractivity contribution in [1.29, 1.82) is 0 Å². The molecule has 2 fully saturated rings. The monoisotopic (exact) mass is 427 g/mol. The zero-order chi connectivity index (χ0) is 18.1. The van der Waals surface area contributed by atoms with E-state index in [1.54, 1.807) is 12.1 Å². The van der Waals surface area contributed by atoms with Crippen molar-refractivity contribution < 1.29 is 35.4 Å². The number of carbonyl (C=O) groups is 1. The van der Waals surface area contributed by atoms with Crippen LogP contribution in [0.15, 0.2) is 24.3 Å². The fourth-order valence-electron chi connectivity index (χ4n) is 4.45. The van der Waals surface area contributed by atoms with Crippen molar-refractivity contribution in [3.05, 3.63) is 35.6 Å². The number of hydrogen-bond acceptors (Lipinski definition) is 2. The molecule has 1 saturated carbocycles. The Morgan fingerprint density at radius 2 is 1.62 bits per heavy atom. The molecule has 0 N–H and O–H groups in total. The molecule has 0 spiro atoms. The molecule has 0 amide bonds. The van der Waals surface area contributed by atoms with E-state index in [0.717, 1.165) is 61.7 Å². The normalized spacial score (nSPS) is 23.1. The third-order valence-corrected chi connectivity index (χ3v) is 6.43. The lowest BCUT2D eigenvalue weighted by Crippen LogP contribution is -3.00. The third-order valence-electron chi connectivity index (χ3n) is 6.43. The van der Waals surface area contributed by atoms with Gasteiger partial charge >= 0.3 is 5.97 Å². The summed E-state index contributed by atoms with van der Waals surface area (Å²) in [5.74, 6) is -0.109. The van der Waals surface area contributed by atoms with Gasteiger partial charge in [0.2, 0.25) is 0 Å². The van der Waals surface area contributed by atoms with Crippen molar-refractivity contribution in [2.45, 2.75) is 57.0 Å². The Balaban J connectivity index is 0.00000243. The number of benzene rings is 1. The first kappa shape index (κ1) is 21.4. The Labute approximate surface area is 167 Å². The summed E-state index contributed by atoms with van der Waals surface area (Å²) in [7, 11) is 4.44.